The quantitative estimate of drug-likeness (QED) is 0.651. The van der Waals surface area contributed by atoms with Gasteiger partial charge in [-0.3, -0.25) is 4.90 Å². The van der Waals surface area contributed by atoms with Gasteiger partial charge in [-0.2, -0.15) is 0 Å². The summed E-state index contributed by atoms with van der Waals surface area (Å²) in [6, 6.07) is 0. The van der Waals surface area contributed by atoms with Crippen molar-refractivity contribution >= 4 is 0 Å². The van der Waals surface area contributed by atoms with Crippen LogP contribution in [0.3, 0.4) is 0 Å². The highest BCUT2D eigenvalue weighted by atomic mass is 15.3. The molecule has 0 spiro atoms. The number of nitrogens with zero attached hydrogens (tertiary/aromatic N) is 1. The molecule has 14 heavy (non-hydrogen) atoms. The second-order valence-corrected chi connectivity index (χ2v) is 5.63. The van der Waals surface area contributed by atoms with Gasteiger partial charge in [-0.15, -0.1) is 0 Å². The summed E-state index contributed by atoms with van der Waals surface area (Å²) in [6.07, 6.45) is 13.6. The molecule has 1 heteroatoms. The lowest BCUT2D eigenvalue weighted by Gasteiger charge is -2.59. The third-order valence-corrected chi connectivity index (χ3v) is 5.07. The molecule has 0 bridgehead atoms. The van der Waals surface area contributed by atoms with Crippen molar-refractivity contribution < 1.29 is 0 Å². The van der Waals surface area contributed by atoms with Crippen LogP contribution in [-0.2, 0) is 0 Å². The highest BCUT2D eigenvalue weighted by Crippen LogP contribution is 2.50. The Labute approximate surface area is 87.9 Å². The molecule has 0 amide bonds. The van der Waals surface area contributed by atoms with Crippen LogP contribution in [0.5, 0.6) is 0 Å². The first-order chi connectivity index (χ1) is 6.92. The lowest BCUT2D eigenvalue weighted by molar-refractivity contribution is -0.0796. The number of hydrogen-bond acceptors (Lipinski definition) is 1. The van der Waals surface area contributed by atoms with Crippen molar-refractivity contribution in [1.82, 2.24) is 4.90 Å². The highest BCUT2D eigenvalue weighted by molar-refractivity contribution is 5.05. The summed E-state index contributed by atoms with van der Waals surface area (Å²) in [5.74, 6) is 1.07. The Morgan fingerprint density at radius 2 is 1.50 bits per heavy atom. The molecule has 0 aromatic rings. The van der Waals surface area contributed by atoms with Gasteiger partial charge in [0.15, 0.2) is 0 Å². The van der Waals surface area contributed by atoms with Crippen molar-refractivity contribution in [2.75, 3.05) is 13.1 Å². The first kappa shape index (κ1) is 9.21. The van der Waals surface area contributed by atoms with E-state index in [1.54, 1.807) is 0 Å². The molecule has 1 heterocycles. The van der Waals surface area contributed by atoms with Gasteiger partial charge >= 0.3 is 0 Å². The fourth-order valence-corrected chi connectivity index (χ4v) is 3.92. The zero-order valence-electron chi connectivity index (χ0n) is 9.30. The van der Waals surface area contributed by atoms with Crippen molar-refractivity contribution in [3.63, 3.8) is 0 Å². The van der Waals surface area contributed by atoms with Crippen molar-refractivity contribution in [2.24, 2.45) is 5.92 Å². The molecule has 0 atom stereocenters. The predicted molar refractivity (Wildman–Crippen MR) is 59.3 cm³/mol. The average molecular weight is 193 g/mol. The maximum Gasteiger partial charge on any atom is 0.0237 e. The summed E-state index contributed by atoms with van der Waals surface area (Å²) in [6.45, 7) is 2.83. The number of hydrogen-bond donors (Lipinski definition) is 0. The second kappa shape index (κ2) is 3.52. The fourth-order valence-electron chi connectivity index (χ4n) is 3.92. The normalized spacial score (nSPS) is 33.4. The van der Waals surface area contributed by atoms with Crippen molar-refractivity contribution in [1.29, 1.82) is 0 Å². The first-order valence-corrected chi connectivity index (χ1v) is 6.67. The van der Waals surface area contributed by atoms with Crippen LogP contribution in [0.2, 0.25) is 0 Å². The molecule has 80 valence electrons. The van der Waals surface area contributed by atoms with Gasteiger partial charge in [0.25, 0.3) is 0 Å². The molecule has 0 N–H and O–H groups in total. The Hall–Kier alpha value is -0.0400. The van der Waals surface area contributed by atoms with E-state index in [1.165, 1.54) is 70.9 Å². The van der Waals surface area contributed by atoms with Gasteiger partial charge in [0.2, 0.25) is 0 Å². The summed E-state index contributed by atoms with van der Waals surface area (Å²) in [5, 5.41) is 0. The lowest BCUT2D eigenvalue weighted by Crippen LogP contribution is -2.63. The summed E-state index contributed by atoms with van der Waals surface area (Å²) in [7, 11) is 0. The molecule has 1 nitrogen and oxygen atoms in total. The van der Waals surface area contributed by atoms with Crippen LogP contribution in [0.4, 0.5) is 0 Å². The minimum absolute atomic E-state index is 0.721. The molecule has 0 unspecified atom stereocenters. The maximum atomic E-state index is 2.83. The largest absolute Gasteiger partial charge is 0.297 e. The Morgan fingerprint density at radius 3 is 1.93 bits per heavy atom. The summed E-state index contributed by atoms with van der Waals surface area (Å²) in [4.78, 5) is 2.83. The van der Waals surface area contributed by atoms with Gasteiger partial charge in [-0.05, 0) is 57.5 Å². The molecular weight excluding hydrogens is 170 g/mol. The minimum Gasteiger partial charge on any atom is -0.297 e. The van der Waals surface area contributed by atoms with E-state index in [9.17, 15) is 0 Å². The molecule has 0 aromatic carbocycles. The van der Waals surface area contributed by atoms with Crippen LogP contribution in [0.15, 0.2) is 0 Å². The van der Waals surface area contributed by atoms with Gasteiger partial charge in [-0.1, -0.05) is 19.3 Å². The predicted octanol–water partition coefficient (Wildman–Crippen LogP) is 3.20. The Bertz CT molecular complexity index is 197. The smallest absolute Gasteiger partial charge is 0.0237 e. The Balaban J connectivity index is 1.71. The molecule has 0 radical (unpaired) electrons. The van der Waals surface area contributed by atoms with Gasteiger partial charge in [0, 0.05) is 5.54 Å². The maximum absolute atomic E-state index is 2.83. The lowest BCUT2D eigenvalue weighted by atomic mass is 9.62. The van der Waals surface area contributed by atoms with Crippen LogP contribution < -0.4 is 0 Å². The van der Waals surface area contributed by atoms with E-state index in [-0.39, 0.29) is 0 Å². The van der Waals surface area contributed by atoms with Crippen LogP contribution in [0.25, 0.3) is 0 Å². The van der Waals surface area contributed by atoms with E-state index in [0.29, 0.717) is 0 Å². The number of likely N-dealkylation sites (tertiary alicyclic amines) is 1. The van der Waals surface area contributed by atoms with Crippen molar-refractivity contribution in [3.05, 3.63) is 0 Å². The zero-order valence-corrected chi connectivity index (χ0v) is 9.30. The summed E-state index contributed by atoms with van der Waals surface area (Å²) >= 11 is 0. The fraction of sp³-hybridized carbons (Fsp3) is 1.00. The molecule has 2 aliphatic carbocycles. The summed E-state index contributed by atoms with van der Waals surface area (Å²) in [5.41, 5.74) is 0.721. The first-order valence-electron chi connectivity index (χ1n) is 6.67. The zero-order chi connectivity index (χ0) is 9.43. The van der Waals surface area contributed by atoms with Gasteiger partial charge in [0.1, 0.15) is 0 Å². The van der Waals surface area contributed by atoms with Crippen LogP contribution in [0, 0.1) is 5.92 Å². The van der Waals surface area contributed by atoms with E-state index in [2.05, 4.69) is 4.90 Å². The van der Waals surface area contributed by atoms with Gasteiger partial charge in [0.05, 0.1) is 0 Å². The van der Waals surface area contributed by atoms with Crippen molar-refractivity contribution in [3.8, 4) is 0 Å². The molecule has 3 aliphatic rings. The monoisotopic (exact) mass is 193 g/mol. The Morgan fingerprint density at radius 1 is 0.786 bits per heavy atom. The molecule has 3 rings (SSSR count). The van der Waals surface area contributed by atoms with E-state index < -0.39 is 0 Å². The third kappa shape index (κ3) is 1.25. The summed E-state index contributed by atoms with van der Waals surface area (Å²) < 4.78 is 0. The van der Waals surface area contributed by atoms with Gasteiger partial charge < -0.3 is 0 Å². The molecule has 3 fully saturated rings. The topological polar surface area (TPSA) is 3.24 Å². The van der Waals surface area contributed by atoms with Crippen LogP contribution in [-0.4, -0.2) is 23.5 Å². The van der Waals surface area contributed by atoms with E-state index in [0.717, 1.165) is 11.5 Å². The Kier molecular flexibility index (Phi) is 2.31. The van der Waals surface area contributed by atoms with Gasteiger partial charge in [-0.25, -0.2) is 0 Å². The minimum atomic E-state index is 0.721. The molecule has 2 saturated carbocycles. The standard InChI is InChI=1S/C13H23N/c1-2-6-12(7-3-1)13(8-4-9-13)14-10-5-11-14/h12H,1-11H2. The van der Waals surface area contributed by atoms with Crippen LogP contribution in [0.1, 0.15) is 57.8 Å². The van der Waals surface area contributed by atoms with Crippen molar-refractivity contribution in [2.45, 2.75) is 63.3 Å². The van der Waals surface area contributed by atoms with E-state index in [1.807, 2.05) is 0 Å². The van der Waals surface area contributed by atoms with E-state index >= 15 is 0 Å². The molecule has 0 aromatic heterocycles. The van der Waals surface area contributed by atoms with Crippen LogP contribution >= 0.6 is 0 Å². The molecule has 1 saturated heterocycles. The van der Waals surface area contributed by atoms with E-state index in [4.69, 9.17) is 0 Å². The molecule has 1 aliphatic heterocycles. The molecular formula is C13H23N. The average Bonchev–Trinajstić information content (AvgIpc) is 2.09. The SMILES string of the molecule is C1CCC(C2(N3CCC3)CCC2)CC1. The number of rotatable bonds is 2. The highest BCUT2D eigenvalue weighted by Gasteiger charge is 2.49. The third-order valence-electron chi connectivity index (χ3n) is 5.07. The second-order valence-electron chi connectivity index (χ2n) is 5.63.